The largest absolute Gasteiger partial charge is 0.355 e. The average Bonchev–Trinajstić information content (AvgIpc) is 3.17. The maximum absolute atomic E-state index is 12.5. The summed E-state index contributed by atoms with van der Waals surface area (Å²) in [7, 11) is 0. The molecule has 0 aromatic carbocycles. The quantitative estimate of drug-likeness (QED) is 0.710. The van der Waals surface area contributed by atoms with E-state index in [9.17, 15) is 14.4 Å². The fourth-order valence-corrected chi connectivity index (χ4v) is 4.64. The number of amides is 3. The Balaban J connectivity index is 0.00000280. The van der Waals surface area contributed by atoms with Crippen molar-refractivity contribution in [3.05, 3.63) is 21.9 Å². The number of hydrogen-bond donors (Lipinski definition) is 2. The Morgan fingerprint density at radius 1 is 1.18 bits per heavy atom. The molecular weight excluding hydrogens is 400 g/mol. The Morgan fingerprint density at radius 3 is 2.68 bits per heavy atom. The van der Waals surface area contributed by atoms with Gasteiger partial charge in [-0.05, 0) is 36.3 Å². The molecule has 2 aliphatic rings. The van der Waals surface area contributed by atoms with E-state index >= 15 is 0 Å². The second kappa shape index (κ2) is 10.8. The molecule has 3 N–H and O–H groups in total. The molecule has 1 aromatic heterocycles. The molecule has 0 spiro atoms. The summed E-state index contributed by atoms with van der Waals surface area (Å²) in [4.78, 5) is 42.1. The van der Waals surface area contributed by atoms with E-state index in [0.29, 0.717) is 32.7 Å². The highest BCUT2D eigenvalue weighted by Crippen LogP contribution is 2.24. The molecule has 1 fully saturated rings. The molecule has 156 valence electrons. The van der Waals surface area contributed by atoms with Crippen LogP contribution in [0.1, 0.15) is 36.1 Å². The molecule has 0 bridgehead atoms. The van der Waals surface area contributed by atoms with Gasteiger partial charge in [0.05, 0.1) is 5.92 Å². The van der Waals surface area contributed by atoms with Gasteiger partial charge in [0.25, 0.3) is 0 Å². The molecule has 9 heteroatoms. The highest BCUT2D eigenvalue weighted by Gasteiger charge is 2.29. The van der Waals surface area contributed by atoms with Gasteiger partial charge in [0.15, 0.2) is 0 Å². The van der Waals surface area contributed by atoms with Crippen LogP contribution in [0.15, 0.2) is 11.4 Å². The molecule has 3 amide bonds. The van der Waals surface area contributed by atoms with Crippen molar-refractivity contribution in [2.75, 3.05) is 32.7 Å². The number of halogens is 1. The number of likely N-dealkylation sites (tertiary alicyclic amines) is 1. The first-order chi connectivity index (χ1) is 13.1. The maximum Gasteiger partial charge on any atom is 0.224 e. The number of rotatable bonds is 6. The smallest absolute Gasteiger partial charge is 0.224 e. The van der Waals surface area contributed by atoms with E-state index in [4.69, 9.17) is 5.73 Å². The summed E-state index contributed by atoms with van der Waals surface area (Å²) in [5.41, 5.74) is 6.65. The van der Waals surface area contributed by atoms with Gasteiger partial charge in [-0.1, -0.05) is 0 Å². The zero-order chi connectivity index (χ0) is 19.2. The van der Waals surface area contributed by atoms with E-state index < -0.39 is 0 Å². The number of piperidine rings is 1. The summed E-state index contributed by atoms with van der Waals surface area (Å²) in [5, 5.41) is 4.87. The third kappa shape index (κ3) is 5.68. The van der Waals surface area contributed by atoms with Crippen LogP contribution in [-0.2, 0) is 27.3 Å². The first kappa shape index (κ1) is 22.6. The Hall–Kier alpha value is -1.64. The Labute approximate surface area is 176 Å². The molecular formula is C19H29ClN4O3S. The number of nitrogens with zero attached hydrogens (tertiary/aromatic N) is 2. The molecule has 2 aliphatic heterocycles. The van der Waals surface area contributed by atoms with Gasteiger partial charge in [0.2, 0.25) is 17.7 Å². The average molecular weight is 429 g/mol. The lowest BCUT2D eigenvalue weighted by Crippen LogP contribution is -2.46. The Kier molecular flexibility index (Phi) is 8.72. The van der Waals surface area contributed by atoms with E-state index in [1.165, 1.54) is 10.4 Å². The minimum Gasteiger partial charge on any atom is -0.355 e. The summed E-state index contributed by atoms with van der Waals surface area (Å²) in [6.45, 7) is 3.35. The lowest BCUT2D eigenvalue weighted by atomic mass is 9.96. The summed E-state index contributed by atoms with van der Waals surface area (Å²) >= 11 is 1.75. The summed E-state index contributed by atoms with van der Waals surface area (Å²) < 4.78 is 0. The minimum absolute atomic E-state index is 0. The number of fused-ring (bicyclic) bond motifs is 1. The van der Waals surface area contributed by atoms with Crippen LogP contribution in [0.5, 0.6) is 0 Å². The van der Waals surface area contributed by atoms with Crippen LogP contribution in [-0.4, -0.2) is 60.2 Å². The maximum atomic E-state index is 12.5. The van der Waals surface area contributed by atoms with Crippen molar-refractivity contribution in [2.24, 2.45) is 11.7 Å². The monoisotopic (exact) mass is 428 g/mol. The van der Waals surface area contributed by atoms with Gasteiger partial charge >= 0.3 is 0 Å². The van der Waals surface area contributed by atoms with Gasteiger partial charge in [-0.15, -0.1) is 23.7 Å². The molecule has 0 radical (unpaired) electrons. The fraction of sp³-hybridized carbons (Fsp3) is 0.632. The van der Waals surface area contributed by atoms with E-state index in [-0.39, 0.29) is 48.9 Å². The third-order valence-corrected chi connectivity index (χ3v) is 6.32. The van der Waals surface area contributed by atoms with Crippen LogP contribution in [0, 0.1) is 5.92 Å². The van der Waals surface area contributed by atoms with Crippen molar-refractivity contribution < 1.29 is 14.4 Å². The van der Waals surface area contributed by atoms with Gasteiger partial charge in [-0.3, -0.25) is 14.4 Å². The van der Waals surface area contributed by atoms with Crippen molar-refractivity contribution >= 4 is 41.5 Å². The van der Waals surface area contributed by atoms with Crippen LogP contribution in [0.2, 0.25) is 0 Å². The zero-order valence-electron chi connectivity index (χ0n) is 16.0. The number of carbonyl (C=O) groups excluding carboxylic acids is 3. The Bertz CT molecular complexity index is 696. The SMILES string of the molecule is Cl.NCCNC(=O)C1CCCN(C(=O)CCC(=O)N2CCc3sccc3C2)C1. The van der Waals surface area contributed by atoms with Crippen molar-refractivity contribution in [1.82, 2.24) is 15.1 Å². The van der Waals surface area contributed by atoms with Crippen LogP contribution < -0.4 is 11.1 Å². The predicted octanol–water partition coefficient (Wildman–Crippen LogP) is 1.15. The lowest BCUT2D eigenvalue weighted by molar-refractivity contribution is -0.139. The van der Waals surface area contributed by atoms with E-state index in [1.807, 2.05) is 4.90 Å². The molecule has 1 unspecified atom stereocenters. The molecule has 0 saturated carbocycles. The second-order valence-corrected chi connectivity index (χ2v) is 8.19. The number of nitrogens with one attached hydrogen (secondary N) is 1. The van der Waals surface area contributed by atoms with Gasteiger partial charge < -0.3 is 20.9 Å². The van der Waals surface area contributed by atoms with Crippen molar-refractivity contribution in [3.63, 3.8) is 0 Å². The number of thiophene rings is 1. The zero-order valence-corrected chi connectivity index (χ0v) is 17.7. The lowest BCUT2D eigenvalue weighted by Gasteiger charge is -2.32. The standard InChI is InChI=1S/C19H28N4O3S.ClH/c20-7-8-21-19(26)15-2-1-9-22(13-15)17(24)3-4-18(25)23-10-5-16-14(12-23)6-11-27-16;/h6,11,15H,1-5,7-10,12-13,20H2,(H,21,26);1H. The fourth-order valence-electron chi connectivity index (χ4n) is 3.75. The summed E-state index contributed by atoms with van der Waals surface area (Å²) in [6, 6.07) is 2.08. The van der Waals surface area contributed by atoms with Gasteiger partial charge in [0.1, 0.15) is 0 Å². The molecule has 3 rings (SSSR count). The van der Waals surface area contributed by atoms with Crippen LogP contribution in [0.4, 0.5) is 0 Å². The van der Waals surface area contributed by atoms with Gasteiger partial charge in [0, 0.05) is 57.0 Å². The summed E-state index contributed by atoms with van der Waals surface area (Å²) in [6.07, 6.45) is 2.95. The minimum atomic E-state index is -0.177. The third-order valence-electron chi connectivity index (χ3n) is 5.30. The van der Waals surface area contributed by atoms with E-state index in [0.717, 1.165) is 25.8 Å². The van der Waals surface area contributed by atoms with Gasteiger partial charge in [-0.25, -0.2) is 0 Å². The second-order valence-electron chi connectivity index (χ2n) is 7.19. The number of hydrogen-bond acceptors (Lipinski definition) is 5. The van der Waals surface area contributed by atoms with Crippen molar-refractivity contribution in [3.8, 4) is 0 Å². The topological polar surface area (TPSA) is 95.7 Å². The van der Waals surface area contributed by atoms with E-state index in [2.05, 4.69) is 16.8 Å². The number of carbonyl (C=O) groups is 3. The molecule has 28 heavy (non-hydrogen) atoms. The molecule has 1 aromatic rings. The molecule has 0 aliphatic carbocycles. The predicted molar refractivity (Wildman–Crippen MR) is 111 cm³/mol. The first-order valence-corrected chi connectivity index (χ1v) is 10.5. The molecule has 7 nitrogen and oxygen atoms in total. The molecule has 1 saturated heterocycles. The van der Waals surface area contributed by atoms with Crippen LogP contribution in [0.3, 0.4) is 0 Å². The Morgan fingerprint density at radius 2 is 1.93 bits per heavy atom. The molecule has 3 heterocycles. The normalized spacial score (nSPS) is 18.8. The highest BCUT2D eigenvalue weighted by atomic mass is 35.5. The van der Waals surface area contributed by atoms with Crippen LogP contribution in [0.25, 0.3) is 0 Å². The van der Waals surface area contributed by atoms with E-state index in [1.54, 1.807) is 16.2 Å². The van der Waals surface area contributed by atoms with Crippen molar-refractivity contribution in [1.29, 1.82) is 0 Å². The molecule has 1 atom stereocenters. The summed E-state index contributed by atoms with van der Waals surface area (Å²) in [5.74, 6) is -0.208. The van der Waals surface area contributed by atoms with Crippen molar-refractivity contribution in [2.45, 2.75) is 38.6 Å². The first-order valence-electron chi connectivity index (χ1n) is 9.67. The number of nitrogens with two attached hydrogens (primary N) is 1. The van der Waals surface area contributed by atoms with Crippen LogP contribution >= 0.6 is 23.7 Å². The highest BCUT2D eigenvalue weighted by molar-refractivity contribution is 7.10. The van der Waals surface area contributed by atoms with Gasteiger partial charge in [-0.2, -0.15) is 0 Å².